The molecule has 0 saturated heterocycles. The molecule has 12 heteroatoms. The third kappa shape index (κ3) is 58.7. The number of esters is 3. The third-order valence-electron chi connectivity index (χ3n) is 11.2. The molecule has 2 N–H and O–H groups in total. The summed E-state index contributed by atoms with van der Waals surface area (Å²) in [4.78, 5) is 48.6. The van der Waals surface area contributed by atoms with Crippen LogP contribution in [-0.4, -0.2) is 66.5 Å². The highest BCUT2D eigenvalue weighted by Crippen LogP contribution is 2.43. The largest absolute Gasteiger partial charge is 0.472 e. The summed E-state index contributed by atoms with van der Waals surface area (Å²) in [5.41, 5.74) is 0. The Labute approximate surface area is 495 Å². The first-order valence-corrected chi connectivity index (χ1v) is 31.5. The van der Waals surface area contributed by atoms with Gasteiger partial charge in [0.05, 0.1) is 19.8 Å². The first-order valence-electron chi connectivity index (χ1n) is 30.0. The zero-order chi connectivity index (χ0) is 59.8. The van der Waals surface area contributed by atoms with Crippen molar-refractivity contribution < 1.29 is 52.2 Å². The van der Waals surface area contributed by atoms with Crippen LogP contribution in [0.3, 0.4) is 0 Å². The molecule has 0 rings (SSSR count). The molecule has 0 saturated carbocycles. The van der Waals surface area contributed by atoms with E-state index in [1.54, 1.807) is 0 Å². The topological polar surface area (TPSA) is 155 Å². The molecular formula is C70H103O11P. The summed E-state index contributed by atoms with van der Waals surface area (Å²) in [6.45, 7) is 4.03. The number of carbonyl (C=O) groups is 3. The number of hydrogen-bond acceptors (Lipinski definition) is 10. The van der Waals surface area contributed by atoms with Crippen molar-refractivity contribution >= 4 is 25.7 Å². The van der Waals surface area contributed by atoms with Gasteiger partial charge in [-0.1, -0.05) is 227 Å². The van der Waals surface area contributed by atoms with E-state index in [1.165, 1.54) is 0 Å². The van der Waals surface area contributed by atoms with E-state index in [1.807, 2.05) is 42.5 Å². The average molecular weight is 1150 g/mol. The first kappa shape index (κ1) is 76.1. The first-order chi connectivity index (χ1) is 40.2. The van der Waals surface area contributed by atoms with Gasteiger partial charge >= 0.3 is 25.7 Å². The second kappa shape index (κ2) is 61.1. The Bertz CT molecular complexity index is 2170. The minimum atomic E-state index is -4.82. The van der Waals surface area contributed by atoms with Crippen LogP contribution in [0.25, 0.3) is 0 Å². The molecule has 0 fully saturated rings. The molecule has 0 aromatic carbocycles. The van der Waals surface area contributed by atoms with Crippen LogP contribution < -0.4 is 0 Å². The van der Waals surface area contributed by atoms with Crippen molar-refractivity contribution in [2.24, 2.45) is 0 Å². The molecule has 0 radical (unpaired) electrons. The van der Waals surface area contributed by atoms with Crippen molar-refractivity contribution in [1.82, 2.24) is 0 Å². The summed E-state index contributed by atoms with van der Waals surface area (Å²) in [6.07, 6.45) is 86.8. The number of allylic oxidation sites excluding steroid dienone is 34. The fraction of sp³-hybridized carbons (Fsp3) is 0.471. The quantitative estimate of drug-likeness (QED) is 0.0197. The van der Waals surface area contributed by atoms with Crippen LogP contribution in [-0.2, 0) is 42.2 Å². The average Bonchev–Trinajstić information content (AvgIpc) is 3.47. The van der Waals surface area contributed by atoms with Crippen molar-refractivity contribution in [1.29, 1.82) is 0 Å². The maximum absolute atomic E-state index is 12.9. The van der Waals surface area contributed by atoms with Crippen LogP contribution >= 0.6 is 7.82 Å². The highest BCUT2D eigenvalue weighted by atomic mass is 31.2. The van der Waals surface area contributed by atoms with Crippen LogP contribution in [0.5, 0.6) is 0 Å². The molecule has 454 valence electrons. The van der Waals surface area contributed by atoms with Crippen LogP contribution in [0.1, 0.15) is 175 Å². The van der Waals surface area contributed by atoms with Gasteiger partial charge in [0.1, 0.15) is 12.7 Å². The van der Waals surface area contributed by atoms with E-state index in [-0.39, 0.29) is 19.3 Å². The maximum Gasteiger partial charge on any atom is 0.472 e. The normalized spacial score (nSPS) is 14.7. The lowest BCUT2D eigenvalue weighted by atomic mass is 10.2. The Morgan fingerprint density at radius 2 is 0.598 bits per heavy atom. The minimum absolute atomic E-state index is 0.0107. The molecule has 0 aromatic rings. The van der Waals surface area contributed by atoms with Crippen molar-refractivity contribution in [3.05, 3.63) is 207 Å². The molecule has 0 spiro atoms. The van der Waals surface area contributed by atoms with Gasteiger partial charge in [0.15, 0.2) is 6.10 Å². The zero-order valence-electron chi connectivity index (χ0n) is 50.1. The van der Waals surface area contributed by atoms with Gasteiger partial charge in [0.2, 0.25) is 0 Å². The second-order valence-electron chi connectivity index (χ2n) is 18.7. The molecule has 0 heterocycles. The van der Waals surface area contributed by atoms with Crippen LogP contribution in [0.2, 0.25) is 0 Å². The highest BCUT2D eigenvalue weighted by molar-refractivity contribution is 7.47. The monoisotopic (exact) mass is 1150 g/mol. The fourth-order valence-corrected chi connectivity index (χ4v) is 7.58. The molecular weight excluding hydrogens is 1050 g/mol. The molecule has 11 nitrogen and oxygen atoms in total. The van der Waals surface area contributed by atoms with Gasteiger partial charge in [-0.2, -0.15) is 0 Å². The van der Waals surface area contributed by atoms with E-state index in [0.717, 1.165) is 96.3 Å². The second-order valence-corrected chi connectivity index (χ2v) is 20.1. The Balaban J connectivity index is 5.01. The van der Waals surface area contributed by atoms with Crippen molar-refractivity contribution in [2.45, 2.75) is 187 Å². The summed E-state index contributed by atoms with van der Waals surface area (Å²) in [6, 6.07) is 0. The van der Waals surface area contributed by atoms with Crippen LogP contribution in [0.15, 0.2) is 207 Å². The molecule has 3 unspecified atom stereocenters. The van der Waals surface area contributed by atoms with Crippen molar-refractivity contribution in [2.75, 3.05) is 26.4 Å². The van der Waals surface area contributed by atoms with E-state index in [9.17, 15) is 28.9 Å². The summed E-state index contributed by atoms with van der Waals surface area (Å²) in [7, 11) is -4.82. The van der Waals surface area contributed by atoms with Gasteiger partial charge in [-0.3, -0.25) is 23.4 Å². The van der Waals surface area contributed by atoms with Gasteiger partial charge in [-0.25, -0.2) is 4.57 Å². The number of hydrogen-bond donors (Lipinski definition) is 2. The van der Waals surface area contributed by atoms with E-state index < -0.39 is 64.4 Å². The number of carbonyl (C=O) groups excluding carboxylic acids is 3. The number of ether oxygens (including phenoxy) is 3. The predicted octanol–water partition coefficient (Wildman–Crippen LogP) is 18.4. The molecule has 0 aromatic heterocycles. The standard InChI is InChI=1S/C70H103O11P/c1-4-7-10-13-16-19-22-25-28-31-33-36-39-42-45-48-51-54-57-60-69(73)80-66(62-71)64-78-82(75,76)79-65-67(63-77-68(72)59-56-53-50-47-44-41-38-35-30-27-24-21-18-15-12-9-6-3)81-70(74)61-58-55-52-49-46-43-40-37-34-32-29-26-23-20-17-14-11-8-5-2/h7-12,16-21,25-30,33-34,36-38,41-43,45-47,50-52,54-55,66-67,71H,4-6,13-15,22-24,31-32,35,39-40,44,48-49,53,56-65H2,1-3H3,(H,75,76)/b10-7-,11-8-,12-9-,19-16-,20-17-,21-18-,28-25-,29-26-,30-27-,36-33-,37-34-,41-38-,45-42-,46-43-,50-47-,54-51-,55-52-. The van der Waals surface area contributed by atoms with E-state index in [2.05, 4.69) is 185 Å². The van der Waals surface area contributed by atoms with Gasteiger partial charge < -0.3 is 24.2 Å². The van der Waals surface area contributed by atoms with E-state index >= 15 is 0 Å². The lowest BCUT2D eigenvalue weighted by molar-refractivity contribution is -0.161. The summed E-state index contributed by atoms with van der Waals surface area (Å²) in [5.74, 6) is -1.76. The smallest absolute Gasteiger partial charge is 0.462 e. The van der Waals surface area contributed by atoms with Gasteiger partial charge in [-0.05, 0) is 135 Å². The number of aliphatic hydroxyl groups excluding tert-OH is 1. The summed E-state index contributed by atoms with van der Waals surface area (Å²) < 4.78 is 39.3. The van der Waals surface area contributed by atoms with Gasteiger partial charge in [0.25, 0.3) is 0 Å². The zero-order valence-corrected chi connectivity index (χ0v) is 51.0. The Morgan fingerprint density at radius 1 is 0.341 bits per heavy atom. The summed E-state index contributed by atoms with van der Waals surface area (Å²) >= 11 is 0. The lowest BCUT2D eigenvalue weighted by Gasteiger charge is -2.21. The number of aliphatic hydroxyl groups is 1. The molecule has 0 amide bonds. The SMILES string of the molecule is CC/C=C\C/C=C\C/C=C\C/C=C\C/C=C\C/C=C\CCC(=O)OC(CO)COP(=O)(O)OCC(COC(=O)CCC/C=C\C/C=C\C/C=C\C/C=C\C/C=C\CC)OC(=O)CC/C=C\C/C=C\C/C=C\C/C=C\C/C=C\C/C=C\CC. The summed E-state index contributed by atoms with van der Waals surface area (Å²) in [5, 5.41) is 9.83. The molecule has 0 bridgehead atoms. The maximum atomic E-state index is 12.9. The Morgan fingerprint density at radius 3 is 0.890 bits per heavy atom. The van der Waals surface area contributed by atoms with Gasteiger partial charge in [0, 0.05) is 19.3 Å². The number of unbranched alkanes of at least 4 members (excludes halogenated alkanes) is 1. The third-order valence-corrected chi connectivity index (χ3v) is 12.2. The molecule has 0 aliphatic heterocycles. The molecule has 82 heavy (non-hydrogen) atoms. The fourth-order valence-electron chi connectivity index (χ4n) is 6.79. The van der Waals surface area contributed by atoms with Crippen molar-refractivity contribution in [3.63, 3.8) is 0 Å². The lowest BCUT2D eigenvalue weighted by Crippen LogP contribution is -2.30. The number of phosphoric acid groups is 1. The van der Waals surface area contributed by atoms with Gasteiger partial charge in [-0.15, -0.1) is 0 Å². The highest BCUT2D eigenvalue weighted by Gasteiger charge is 2.28. The molecule has 0 aliphatic carbocycles. The van der Waals surface area contributed by atoms with Crippen LogP contribution in [0, 0.1) is 0 Å². The minimum Gasteiger partial charge on any atom is -0.462 e. The number of phosphoric ester groups is 1. The Kier molecular flexibility index (Phi) is 56.7. The Hall–Kier alpha value is -5.94. The number of rotatable bonds is 52. The molecule has 3 atom stereocenters. The predicted molar refractivity (Wildman–Crippen MR) is 343 cm³/mol. The van der Waals surface area contributed by atoms with Crippen molar-refractivity contribution in [3.8, 4) is 0 Å². The molecule has 0 aliphatic rings. The van der Waals surface area contributed by atoms with Crippen LogP contribution in [0.4, 0.5) is 0 Å². The van der Waals surface area contributed by atoms with E-state index in [0.29, 0.717) is 38.5 Å². The van der Waals surface area contributed by atoms with E-state index in [4.69, 9.17) is 23.3 Å².